The van der Waals surface area contributed by atoms with Crippen LogP contribution in [0, 0.1) is 17.1 Å². The number of hydrogen-bond donors (Lipinski definition) is 1. The van der Waals surface area contributed by atoms with E-state index in [1.54, 1.807) is 6.07 Å². The van der Waals surface area contributed by atoms with E-state index in [0.29, 0.717) is 17.7 Å². The number of benzene rings is 3. The fourth-order valence-corrected chi connectivity index (χ4v) is 2.86. The molecule has 25 heavy (non-hydrogen) atoms. The van der Waals surface area contributed by atoms with Gasteiger partial charge in [-0.25, -0.2) is 4.39 Å². The summed E-state index contributed by atoms with van der Waals surface area (Å²) in [7, 11) is 0. The zero-order chi connectivity index (χ0) is 17.5. The largest absolute Gasteiger partial charge is 0.305 e. The second kappa shape index (κ2) is 8.23. The van der Waals surface area contributed by atoms with E-state index in [-0.39, 0.29) is 11.9 Å². The second-order valence-corrected chi connectivity index (χ2v) is 5.95. The molecule has 0 aliphatic carbocycles. The third kappa shape index (κ3) is 4.53. The molecule has 3 aromatic rings. The number of nitrogens with zero attached hydrogens (tertiary/aromatic N) is 1. The molecule has 1 N–H and O–H groups in total. The minimum Gasteiger partial charge on any atom is -0.305 e. The molecule has 0 saturated heterocycles. The highest BCUT2D eigenvalue weighted by Gasteiger charge is 2.13. The molecule has 0 radical (unpaired) electrons. The standard InChI is InChI=1S/C22H19FN2/c23-21-12-11-18(15-24)13-20(21)16-25-22(19-9-5-2-6-10-19)14-17-7-3-1-4-8-17/h1-13,22,25H,14,16H2/t22-/m1/s1. The summed E-state index contributed by atoms with van der Waals surface area (Å²) in [6.07, 6.45) is 0.810. The van der Waals surface area contributed by atoms with Gasteiger partial charge in [0.2, 0.25) is 0 Å². The summed E-state index contributed by atoms with van der Waals surface area (Å²) in [6.45, 7) is 0.369. The highest BCUT2D eigenvalue weighted by Crippen LogP contribution is 2.20. The van der Waals surface area contributed by atoms with Gasteiger partial charge in [0.1, 0.15) is 5.82 Å². The van der Waals surface area contributed by atoms with Crippen LogP contribution in [-0.4, -0.2) is 0 Å². The van der Waals surface area contributed by atoms with Crippen molar-refractivity contribution in [2.75, 3.05) is 0 Å². The summed E-state index contributed by atoms with van der Waals surface area (Å²) in [5.41, 5.74) is 3.35. The smallest absolute Gasteiger partial charge is 0.127 e. The van der Waals surface area contributed by atoms with Crippen LogP contribution in [0.3, 0.4) is 0 Å². The predicted octanol–water partition coefficient (Wildman–Crippen LogP) is 4.77. The number of nitriles is 1. The van der Waals surface area contributed by atoms with Gasteiger partial charge in [-0.1, -0.05) is 60.7 Å². The second-order valence-electron chi connectivity index (χ2n) is 5.95. The summed E-state index contributed by atoms with van der Waals surface area (Å²) in [4.78, 5) is 0. The maximum atomic E-state index is 14.0. The number of halogens is 1. The van der Waals surface area contributed by atoms with Gasteiger partial charge in [-0.3, -0.25) is 0 Å². The van der Waals surface area contributed by atoms with Gasteiger partial charge >= 0.3 is 0 Å². The van der Waals surface area contributed by atoms with Gasteiger partial charge in [0.15, 0.2) is 0 Å². The molecule has 0 fully saturated rings. The van der Waals surface area contributed by atoms with Crippen molar-refractivity contribution in [3.05, 3.63) is 107 Å². The summed E-state index contributed by atoms with van der Waals surface area (Å²) in [6, 6.07) is 26.9. The Morgan fingerprint density at radius 2 is 1.60 bits per heavy atom. The summed E-state index contributed by atoms with van der Waals surface area (Å²) in [5, 5.41) is 12.5. The average Bonchev–Trinajstić information content (AvgIpc) is 2.67. The Morgan fingerprint density at radius 3 is 2.28 bits per heavy atom. The lowest BCUT2D eigenvalue weighted by molar-refractivity contribution is 0.513. The monoisotopic (exact) mass is 330 g/mol. The van der Waals surface area contributed by atoms with E-state index in [1.165, 1.54) is 17.7 Å². The highest BCUT2D eigenvalue weighted by molar-refractivity contribution is 5.34. The first kappa shape index (κ1) is 16.9. The molecule has 0 bridgehead atoms. The molecule has 1 atom stereocenters. The molecule has 0 aromatic heterocycles. The Bertz CT molecular complexity index is 854. The van der Waals surface area contributed by atoms with E-state index in [4.69, 9.17) is 5.26 Å². The van der Waals surface area contributed by atoms with Gasteiger partial charge in [0, 0.05) is 18.2 Å². The average molecular weight is 330 g/mol. The molecular weight excluding hydrogens is 311 g/mol. The van der Waals surface area contributed by atoms with Crippen LogP contribution in [0.25, 0.3) is 0 Å². The predicted molar refractivity (Wildman–Crippen MR) is 97.3 cm³/mol. The van der Waals surface area contributed by atoms with Gasteiger partial charge in [0.25, 0.3) is 0 Å². The van der Waals surface area contributed by atoms with Crippen molar-refractivity contribution in [1.29, 1.82) is 5.26 Å². The van der Waals surface area contributed by atoms with Crippen LogP contribution >= 0.6 is 0 Å². The summed E-state index contributed by atoms with van der Waals surface area (Å²) >= 11 is 0. The third-order valence-corrected chi connectivity index (χ3v) is 4.20. The third-order valence-electron chi connectivity index (χ3n) is 4.20. The lowest BCUT2D eigenvalue weighted by Crippen LogP contribution is -2.23. The first-order valence-electron chi connectivity index (χ1n) is 8.27. The zero-order valence-corrected chi connectivity index (χ0v) is 13.8. The van der Waals surface area contributed by atoms with E-state index < -0.39 is 0 Å². The van der Waals surface area contributed by atoms with Crippen LogP contribution < -0.4 is 5.32 Å². The first-order valence-corrected chi connectivity index (χ1v) is 8.27. The Hall–Kier alpha value is -2.96. The first-order chi connectivity index (χ1) is 12.3. The Kier molecular flexibility index (Phi) is 5.56. The van der Waals surface area contributed by atoms with Crippen LogP contribution in [0.5, 0.6) is 0 Å². The van der Waals surface area contributed by atoms with Crippen LogP contribution in [0.2, 0.25) is 0 Å². The fraction of sp³-hybridized carbons (Fsp3) is 0.136. The number of hydrogen-bond acceptors (Lipinski definition) is 2. The molecule has 3 heteroatoms. The molecule has 0 heterocycles. The van der Waals surface area contributed by atoms with Crippen molar-refractivity contribution in [3.8, 4) is 6.07 Å². The minimum absolute atomic E-state index is 0.0636. The van der Waals surface area contributed by atoms with Gasteiger partial charge in [-0.15, -0.1) is 0 Å². The quantitative estimate of drug-likeness (QED) is 0.706. The SMILES string of the molecule is N#Cc1ccc(F)c(CN[C@H](Cc2ccccc2)c2ccccc2)c1. The van der Waals surface area contributed by atoms with Crippen LogP contribution in [0.15, 0.2) is 78.9 Å². The maximum Gasteiger partial charge on any atom is 0.127 e. The molecule has 0 unspecified atom stereocenters. The van der Waals surface area contributed by atoms with Crippen LogP contribution in [0.1, 0.15) is 28.3 Å². The number of nitrogens with one attached hydrogen (secondary N) is 1. The fourth-order valence-electron chi connectivity index (χ4n) is 2.86. The zero-order valence-electron chi connectivity index (χ0n) is 13.8. The van der Waals surface area contributed by atoms with Gasteiger partial charge in [0.05, 0.1) is 11.6 Å². The van der Waals surface area contributed by atoms with Crippen molar-refractivity contribution in [2.24, 2.45) is 0 Å². The van der Waals surface area contributed by atoms with E-state index in [1.807, 2.05) is 36.4 Å². The van der Waals surface area contributed by atoms with Gasteiger partial charge < -0.3 is 5.32 Å². The molecule has 2 nitrogen and oxygen atoms in total. The van der Waals surface area contributed by atoms with E-state index in [2.05, 4.69) is 35.7 Å². The van der Waals surface area contributed by atoms with Gasteiger partial charge in [-0.2, -0.15) is 5.26 Å². The topological polar surface area (TPSA) is 35.8 Å². The van der Waals surface area contributed by atoms with Crippen molar-refractivity contribution in [1.82, 2.24) is 5.32 Å². The Labute approximate surface area is 147 Å². The molecule has 3 aromatic carbocycles. The highest BCUT2D eigenvalue weighted by atomic mass is 19.1. The van der Waals surface area contributed by atoms with Crippen molar-refractivity contribution < 1.29 is 4.39 Å². The lowest BCUT2D eigenvalue weighted by Gasteiger charge is -2.20. The molecule has 3 rings (SSSR count). The van der Waals surface area contributed by atoms with E-state index in [9.17, 15) is 4.39 Å². The molecule has 124 valence electrons. The van der Waals surface area contributed by atoms with Gasteiger partial charge in [-0.05, 0) is 35.7 Å². The molecular formula is C22H19FN2. The van der Waals surface area contributed by atoms with E-state index >= 15 is 0 Å². The van der Waals surface area contributed by atoms with E-state index in [0.717, 1.165) is 12.0 Å². The van der Waals surface area contributed by atoms with Crippen LogP contribution in [0.4, 0.5) is 4.39 Å². The summed E-state index contributed by atoms with van der Waals surface area (Å²) in [5.74, 6) is -0.293. The molecule has 0 spiro atoms. The van der Waals surface area contributed by atoms with Crippen molar-refractivity contribution in [2.45, 2.75) is 19.0 Å². The maximum absolute atomic E-state index is 14.0. The normalized spacial score (nSPS) is 11.7. The molecule has 0 aliphatic rings. The number of rotatable bonds is 6. The minimum atomic E-state index is -0.293. The Balaban J connectivity index is 1.80. The molecule has 0 amide bonds. The summed E-state index contributed by atoms with van der Waals surface area (Å²) < 4.78 is 14.0. The molecule has 0 aliphatic heterocycles. The van der Waals surface area contributed by atoms with Crippen molar-refractivity contribution >= 4 is 0 Å². The van der Waals surface area contributed by atoms with Crippen molar-refractivity contribution in [3.63, 3.8) is 0 Å². The van der Waals surface area contributed by atoms with Crippen LogP contribution in [-0.2, 0) is 13.0 Å². The lowest BCUT2D eigenvalue weighted by atomic mass is 9.98. The Morgan fingerprint density at radius 1 is 0.920 bits per heavy atom. The molecule has 0 saturated carbocycles.